The van der Waals surface area contributed by atoms with Crippen molar-refractivity contribution in [2.75, 3.05) is 12.4 Å². The third kappa shape index (κ3) is 3.67. The van der Waals surface area contributed by atoms with Crippen LogP contribution in [0.15, 0.2) is 59.8 Å². The van der Waals surface area contributed by atoms with Crippen molar-refractivity contribution in [2.24, 2.45) is 0 Å². The van der Waals surface area contributed by atoms with Gasteiger partial charge < -0.3 is 20.7 Å². The second kappa shape index (κ2) is 7.53. The lowest BCUT2D eigenvalue weighted by molar-refractivity contribution is -0.113. The zero-order valence-electron chi connectivity index (χ0n) is 14.3. The first-order chi connectivity index (χ1) is 12.5. The number of para-hydroxylation sites is 1. The summed E-state index contributed by atoms with van der Waals surface area (Å²) >= 11 is 5.23. The highest BCUT2D eigenvalue weighted by molar-refractivity contribution is 7.80. The summed E-state index contributed by atoms with van der Waals surface area (Å²) in [7, 11) is 1.59. The lowest BCUT2D eigenvalue weighted by Gasteiger charge is -2.30. The summed E-state index contributed by atoms with van der Waals surface area (Å²) in [6.45, 7) is 1.76. The third-order valence-electron chi connectivity index (χ3n) is 4.08. The van der Waals surface area contributed by atoms with E-state index in [2.05, 4.69) is 16.0 Å². The number of amides is 1. The molecular formula is C19H18FN3O2S. The molecule has 3 N–H and O–H groups in total. The molecule has 2 aromatic rings. The van der Waals surface area contributed by atoms with Gasteiger partial charge in [0.1, 0.15) is 11.6 Å². The first kappa shape index (κ1) is 17.9. The second-order valence-corrected chi connectivity index (χ2v) is 6.19. The lowest BCUT2D eigenvalue weighted by atomic mass is 9.95. The Balaban J connectivity index is 1.94. The SMILES string of the molecule is COc1ccc([C@H]2NC(=S)NC(C)=C2C(=O)Nc2ccccc2F)cc1. The molecule has 3 rings (SSSR count). The average molecular weight is 371 g/mol. The number of allylic oxidation sites excluding steroid dienone is 1. The first-order valence-electron chi connectivity index (χ1n) is 7.97. The molecule has 1 atom stereocenters. The van der Waals surface area contributed by atoms with Crippen molar-refractivity contribution in [3.05, 3.63) is 71.2 Å². The number of benzene rings is 2. The number of ether oxygens (including phenoxy) is 1. The molecule has 1 aliphatic heterocycles. The predicted molar refractivity (Wildman–Crippen MR) is 102 cm³/mol. The summed E-state index contributed by atoms with van der Waals surface area (Å²) < 4.78 is 19.1. The molecule has 1 aliphatic rings. The van der Waals surface area contributed by atoms with Crippen LogP contribution in [0, 0.1) is 5.82 Å². The van der Waals surface area contributed by atoms with Crippen LogP contribution in [0.5, 0.6) is 5.75 Å². The molecule has 7 heteroatoms. The number of thiocarbonyl (C=S) groups is 1. The van der Waals surface area contributed by atoms with Crippen molar-refractivity contribution in [2.45, 2.75) is 13.0 Å². The molecule has 0 spiro atoms. The van der Waals surface area contributed by atoms with Crippen molar-refractivity contribution in [3.8, 4) is 5.75 Å². The van der Waals surface area contributed by atoms with E-state index >= 15 is 0 Å². The summed E-state index contributed by atoms with van der Waals surface area (Å²) in [5, 5.41) is 9.10. The van der Waals surface area contributed by atoms with Gasteiger partial charge in [-0.15, -0.1) is 0 Å². The fraction of sp³-hybridized carbons (Fsp3) is 0.158. The molecule has 1 heterocycles. The summed E-state index contributed by atoms with van der Waals surface area (Å²) in [6.07, 6.45) is 0. The molecule has 134 valence electrons. The van der Waals surface area contributed by atoms with Gasteiger partial charge in [0.25, 0.3) is 5.91 Å². The Morgan fingerprint density at radius 2 is 1.88 bits per heavy atom. The fourth-order valence-electron chi connectivity index (χ4n) is 2.79. The van der Waals surface area contributed by atoms with Crippen molar-refractivity contribution in [1.82, 2.24) is 10.6 Å². The summed E-state index contributed by atoms with van der Waals surface area (Å²) in [5.74, 6) is -0.188. The maximum absolute atomic E-state index is 13.9. The normalized spacial score (nSPS) is 16.6. The van der Waals surface area contributed by atoms with Crippen LogP contribution < -0.4 is 20.7 Å². The maximum atomic E-state index is 13.9. The van der Waals surface area contributed by atoms with Crippen LogP contribution in [0.4, 0.5) is 10.1 Å². The number of hydrogen-bond donors (Lipinski definition) is 3. The highest BCUT2D eigenvalue weighted by Crippen LogP contribution is 2.29. The highest BCUT2D eigenvalue weighted by Gasteiger charge is 2.30. The topological polar surface area (TPSA) is 62.4 Å². The molecule has 0 fully saturated rings. The summed E-state index contributed by atoms with van der Waals surface area (Å²) in [5.41, 5.74) is 2.02. The van der Waals surface area contributed by atoms with Crippen molar-refractivity contribution < 1.29 is 13.9 Å². The van der Waals surface area contributed by atoms with Gasteiger partial charge in [0.05, 0.1) is 24.4 Å². The monoisotopic (exact) mass is 371 g/mol. The lowest BCUT2D eigenvalue weighted by Crippen LogP contribution is -2.45. The van der Waals surface area contributed by atoms with Gasteiger partial charge in [-0.2, -0.15) is 0 Å². The van der Waals surface area contributed by atoms with Gasteiger partial charge in [0, 0.05) is 5.70 Å². The van der Waals surface area contributed by atoms with Crippen molar-refractivity contribution in [1.29, 1.82) is 0 Å². The van der Waals surface area contributed by atoms with Crippen LogP contribution in [0.3, 0.4) is 0 Å². The standard InChI is InChI=1S/C19H18FN3O2S/c1-11-16(18(24)22-15-6-4-3-5-14(15)20)17(23-19(26)21-11)12-7-9-13(25-2)10-8-12/h3-10,17H,1-2H3,(H,22,24)(H2,21,23,26)/t17-/m1/s1. The largest absolute Gasteiger partial charge is 0.497 e. The maximum Gasteiger partial charge on any atom is 0.255 e. The number of hydrogen-bond acceptors (Lipinski definition) is 3. The summed E-state index contributed by atoms with van der Waals surface area (Å²) in [6, 6.07) is 12.9. The Morgan fingerprint density at radius 3 is 2.54 bits per heavy atom. The van der Waals surface area contributed by atoms with E-state index in [4.69, 9.17) is 17.0 Å². The van der Waals surface area contributed by atoms with Gasteiger partial charge in [-0.3, -0.25) is 4.79 Å². The van der Waals surface area contributed by atoms with Crippen LogP contribution in [0.2, 0.25) is 0 Å². The Kier molecular flexibility index (Phi) is 5.18. The zero-order chi connectivity index (χ0) is 18.7. The first-order valence-corrected chi connectivity index (χ1v) is 8.38. The van der Waals surface area contributed by atoms with Gasteiger partial charge >= 0.3 is 0 Å². The number of nitrogens with one attached hydrogen (secondary N) is 3. The number of anilines is 1. The molecule has 1 amide bonds. The van der Waals surface area contributed by atoms with Crippen LogP contribution >= 0.6 is 12.2 Å². The second-order valence-electron chi connectivity index (χ2n) is 5.78. The van der Waals surface area contributed by atoms with Crippen molar-refractivity contribution >= 4 is 28.9 Å². The fourth-order valence-corrected chi connectivity index (χ4v) is 3.06. The van der Waals surface area contributed by atoms with E-state index < -0.39 is 17.8 Å². The average Bonchev–Trinajstić information content (AvgIpc) is 2.63. The van der Waals surface area contributed by atoms with E-state index in [0.29, 0.717) is 22.1 Å². The smallest absolute Gasteiger partial charge is 0.255 e. The molecular weight excluding hydrogens is 353 g/mol. The minimum Gasteiger partial charge on any atom is -0.497 e. The van der Waals surface area contributed by atoms with Gasteiger partial charge in [-0.05, 0) is 49.0 Å². The van der Waals surface area contributed by atoms with Crippen molar-refractivity contribution in [3.63, 3.8) is 0 Å². The molecule has 2 aromatic carbocycles. The van der Waals surface area contributed by atoms with E-state index in [-0.39, 0.29) is 5.69 Å². The van der Waals surface area contributed by atoms with Crippen LogP contribution in [-0.2, 0) is 4.79 Å². The molecule has 0 bridgehead atoms. The molecule has 0 saturated heterocycles. The quantitative estimate of drug-likeness (QED) is 0.720. The van der Waals surface area contributed by atoms with Crippen LogP contribution in [-0.4, -0.2) is 18.1 Å². The third-order valence-corrected chi connectivity index (χ3v) is 4.30. The van der Waals surface area contributed by atoms with E-state index in [1.807, 2.05) is 24.3 Å². The summed E-state index contributed by atoms with van der Waals surface area (Å²) in [4.78, 5) is 12.9. The Bertz CT molecular complexity index is 881. The molecule has 26 heavy (non-hydrogen) atoms. The Labute approximate surface area is 156 Å². The van der Waals surface area contributed by atoms with E-state index in [9.17, 15) is 9.18 Å². The molecule has 0 aliphatic carbocycles. The number of halogens is 1. The molecule has 0 unspecified atom stereocenters. The molecule has 0 radical (unpaired) electrons. The Hall–Kier alpha value is -2.93. The number of carbonyl (C=O) groups is 1. The van der Waals surface area contributed by atoms with Crippen LogP contribution in [0.25, 0.3) is 0 Å². The van der Waals surface area contributed by atoms with Gasteiger partial charge in [0.15, 0.2) is 5.11 Å². The zero-order valence-corrected chi connectivity index (χ0v) is 15.1. The number of carbonyl (C=O) groups excluding carboxylic acids is 1. The number of rotatable bonds is 4. The number of methoxy groups -OCH3 is 1. The Morgan fingerprint density at radius 1 is 1.19 bits per heavy atom. The van der Waals surface area contributed by atoms with Gasteiger partial charge in [0.2, 0.25) is 0 Å². The molecule has 0 saturated carbocycles. The highest BCUT2D eigenvalue weighted by atomic mass is 32.1. The van der Waals surface area contributed by atoms with Gasteiger partial charge in [-0.1, -0.05) is 24.3 Å². The van der Waals surface area contributed by atoms with Gasteiger partial charge in [-0.25, -0.2) is 4.39 Å². The molecule has 5 nitrogen and oxygen atoms in total. The van der Waals surface area contributed by atoms with E-state index in [1.165, 1.54) is 12.1 Å². The predicted octanol–water partition coefficient (Wildman–Crippen LogP) is 3.27. The van der Waals surface area contributed by atoms with Crippen LogP contribution in [0.1, 0.15) is 18.5 Å². The van der Waals surface area contributed by atoms with E-state index in [0.717, 1.165) is 5.56 Å². The minimum atomic E-state index is -0.493. The molecule has 0 aromatic heterocycles. The minimum absolute atomic E-state index is 0.124. The van der Waals surface area contributed by atoms with E-state index in [1.54, 1.807) is 26.2 Å².